The largest absolute Gasteiger partial charge is 0.394 e. The molecule has 14 heteroatoms. The monoisotopic (exact) mass is 1380 g/mol. The maximum atomic E-state index is 13.4. The van der Waals surface area contributed by atoms with Crippen LogP contribution in [-0.2, 0) is 23.7 Å². The summed E-state index contributed by atoms with van der Waals surface area (Å²) in [4.78, 5) is 13.4. The standard InChI is InChI=1S/C84H145NO13/c1-3-5-7-9-11-13-15-17-19-21-23-25-27-28-29-30-31-32-33-34-35-36-37-38-39-40-41-42-43-44-46-48-50-52-54-56-58-60-62-64-66-68-76(89)85-72(71-95-83-81(94)79(92)82(75(70-87)97-83)98-84-80(93)78(91)77(90)74(69-86)96-84)73(88)67-65-63-61-59-57-55-53-51-49-47-45-26-24-22-20-18-16-14-12-10-8-6-4-2/h5,7,11,13,17,19,23,25,28-29,31-32,34-35,49,51,57,59,65,67,72-75,77-84,86-88,90-94H,3-4,6,8-10,12,14-16,18,20-22,24,26-27,30,33,36-48,50,52-56,58,60-64,66,68-71H2,1-2H3,(H,85,89)/b7-5-,13-11-,19-17-,25-23-,29-28-,32-31-,35-34-,51-49+,59-57+,67-65+. The second kappa shape index (κ2) is 66.6. The summed E-state index contributed by atoms with van der Waals surface area (Å²) in [7, 11) is 0. The van der Waals surface area contributed by atoms with Gasteiger partial charge in [0, 0.05) is 6.42 Å². The van der Waals surface area contributed by atoms with Crippen molar-refractivity contribution in [3.05, 3.63) is 122 Å². The number of allylic oxidation sites excluding steroid dienone is 19. The fourth-order valence-corrected chi connectivity index (χ4v) is 12.4. The van der Waals surface area contributed by atoms with Gasteiger partial charge in [0.2, 0.25) is 5.91 Å². The van der Waals surface area contributed by atoms with Crippen LogP contribution in [0.5, 0.6) is 0 Å². The van der Waals surface area contributed by atoms with Gasteiger partial charge in [-0.3, -0.25) is 4.79 Å². The summed E-state index contributed by atoms with van der Waals surface area (Å²) in [6, 6.07) is -0.944. The van der Waals surface area contributed by atoms with Gasteiger partial charge in [-0.2, -0.15) is 0 Å². The molecule has 0 aliphatic carbocycles. The Kier molecular flexibility index (Phi) is 61.5. The third-order valence-electron chi connectivity index (χ3n) is 18.6. The molecule has 0 saturated carbocycles. The average molecular weight is 1380 g/mol. The topological polar surface area (TPSA) is 228 Å². The first-order chi connectivity index (χ1) is 48.1. The van der Waals surface area contributed by atoms with E-state index in [1.807, 2.05) is 6.08 Å². The van der Waals surface area contributed by atoms with Crippen LogP contribution in [0.25, 0.3) is 0 Å². The van der Waals surface area contributed by atoms with Crippen molar-refractivity contribution in [1.82, 2.24) is 5.32 Å². The molecule has 2 heterocycles. The minimum absolute atomic E-state index is 0.252. The molecule has 14 nitrogen and oxygen atoms in total. The Morgan fingerprint density at radius 2 is 0.714 bits per heavy atom. The molecule has 0 spiro atoms. The van der Waals surface area contributed by atoms with Crippen LogP contribution in [0.1, 0.15) is 309 Å². The predicted octanol–water partition coefficient (Wildman–Crippen LogP) is 18.0. The van der Waals surface area contributed by atoms with Crippen LogP contribution in [-0.4, -0.2) is 140 Å². The number of unbranched alkanes of at least 4 members (excludes halogenated alkanes) is 34. The van der Waals surface area contributed by atoms with E-state index in [0.29, 0.717) is 12.8 Å². The quantitative estimate of drug-likeness (QED) is 0.0204. The van der Waals surface area contributed by atoms with Crippen molar-refractivity contribution in [2.24, 2.45) is 0 Å². The number of nitrogens with one attached hydrogen (secondary N) is 1. The van der Waals surface area contributed by atoms with Crippen LogP contribution >= 0.6 is 0 Å². The summed E-state index contributed by atoms with van der Waals surface area (Å²) in [5, 5.41) is 87.6. The molecular weight excluding hydrogens is 1230 g/mol. The van der Waals surface area contributed by atoms with Gasteiger partial charge in [0.15, 0.2) is 12.6 Å². The molecule has 2 rings (SSSR count). The number of ether oxygens (including phenoxy) is 4. The lowest BCUT2D eigenvalue weighted by Crippen LogP contribution is -2.65. The molecule has 2 aliphatic rings. The number of aliphatic hydroxyl groups excluding tert-OH is 8. The molecule has 2 saturated heterocycles. The van der Waals surface area contributed by atoms with Crippen LogP contribution in [0.3, 0.4) is 0 Å². The second-order valence-corrected chi connectivity index (χ2v) is 27.4. The van der Waals surface area contributed by atoms with Crippen LogP contribution in [0.15, 0.2) is 122 Å². The molecule has 1 amide bonds. The summed E-state index contributed by atoms with van der Waals surface area (Å²) < 4.78 is 22.9. The van der Waals surface area contributed by atoms with Gasteiger partial charge in [0.25, 0.3) is 0 Å². The third kappa shape index (κ3) is 49.1. The number of carbonyl (C=O) groups excluding carboxylic acids is 1. The highest BCUT2D eigenvalue weighted by Crippen LogP contribution is 2.30. The van der Waals surface area contributed by atoms with Gasteiger partial charge in [0.1, 0.15) is 48.8 Å². The van der Waals surface area contributed by atoms with E-state index in [0.717, 1.165) is 89.9 Å². The van der Waals surface area contributed by atoms with E-state index < -0.39 is 86.8 Å². The van der Waals surface area contributed by atoms with Gasteiger partial charge < -0.3 is 65.1 Å². The van der Waals surface area contributed by atoms with Gasteiger partial charge in [-0.15, -0.1) is 0 Å². The number of aliphatic hydroxyl groups is 8. The highest BCUT2D eigenvalue weighted by molar-refractivity contribution is 5.76. The zero-order valence-electron chi connectivity index (χ0n) is 61.7. The van der Waals surface area contributed by atoms with E-state index in [-0.39, 0.29) is 18.9 Å². The first kappa shape index (κ1) is 90.5. The molecule has 12 unspecified atom stereocenters. The third-order valence-corrected chi connectivity index (χ3v) is 18.6. The summed E-state index contributed by atoms with van der Waals surface area (Å²) in [5.41, 5.74) is 0. The Balaban J connectivity index is 1.60. The summed E-state index contributed by atoms with van der Waals surface area (Å²) in [5.74, 6) is -0.252. The molecule has 0 aromatic heterocycles. The van der Waals surface area contributed by atoms with Crippen molar-refractivity contribution >= 4 is 5.91 Å². The van der Waals surface area contributed by atoms with E-state index in [4.69, 9.17) is 18.9 Å². The fourth-order valence-electron chi connectivity index (χ4n) is 12.4. The number of carbonyl (C=O) groups is 1. The Labute approximate surface area is 597 Å². The molecular formula is C84H145NO13. The van der Waals surface area contributed by atoms with Crippen molar-refractivity contribution < 1.29 is 64.6 Å². The Bertz CT molecular complexity index is 2110. The molecule has 0 bridgehead atoms. The smallest absolute Gasteiger partial charge is 0.220 e. The van der Waals surface area contributed by atoms with E-state index >= 15 is 0 Å². The lowest BCUT2D eigenvalue weighted by molar-refractivity contribution is -0.359. The first-order valence-electron chi connectivity index (χ1n) is 39.8. The lowest BCUT2D eigenvalue weighted by Gasteiger charge is -2.46. The number of amides is 1. The Morgan fingerprint density at radius 1 is 0.378 bits per heavy atom. The molecule has 564 valence electrons. The molecule has 12 atom stereocenters. The zero-order valence-corrected chi connectivity index (χ0v) is 61.7. The van der Waals surface area contributed by atoms with Gasteiger partial charge in [-0.25, -0.2) is 0 Å². The maximum absolute atomic E-state index is 13.4. The normalized spacial score (nSPS) is 22.7. The number of rotatable bonds is 65. The van der Waals surface area contributed by atoms with E-state index in [2.05, 4.69) is 129 Å². The molecule has 9 N–H and O–H groups in total. The molecule has 2 aliphatic heterocycles. The zero-order chi connectivity index (χ0) is 70.8. The Hall–Kier alpha value is -3.61. The van der Waals surface area contributed by atoms with Gasteiger partial charge in [-0.05, 0) is 103 Å². The first-order valence-corrected chi connectivity index (χ1v) is 39.8. The predicted molar refractivity (Wildman–Crippen MR) is 405 cm³/mol. The van der Waals surface area contributed by atoms with Crippen molar-refractivity contribution in [3.8, 4) is 0 Å². The lowest BCUT2D eigenvalue weighted by atomic mass is 9.97. The van der Waals surface area contributed by atoms with Gasteiger partial charge in [0.05, 0.1) is 32.0 Å². The van der Waals surface area contributed by atoms with Crippen molar-refractivity contribution in [2.75, 3.05) is 19.8 Å². The van der Waals surface area contributed by atoms with E-state index in [1.54, 1.807) is 6.08 Å². The highest BCUT2D eigenvalue weighted by atomic mass is 16.7. The average Bonchev–Trinajstić information content (AvgIpc) is 0.793. The van der Waals surface area contributed by atoms with Crippen LogP contribution in [0.4, 0.5) is 0 Å². The fraction of sp³-hybridized carbons (Fsp3) is 0.750. The maximum Gasteiger partial charge on any atom is 0.220 e. The molecule has 98 heavy (non-hydrogen) atoms. The molecule has 2 fully saturated rings. The highest BCUT2D eigenvalue weighted by Gasteiger charge is 2.51. The van der Waals surface area contributed by atoms with E-state index in [1.165, 1.54) is 186 Å². The van der Waals surface area contributed by atoms with Gasteiger partial charge in [-0.1, -0.05) is 322 Å². The van der Waals surface area contributed by atoms with Crippen LogP contribution in [0, 0.1) is 0 Å². The SMILES string of the molecule is CC/C=C\C/C=C\C/C=C\C/C=C\C/C=C\C/C=C\C/C=C\CCCCCCCCCCCCCCCCCCCCCC(=O)NC(COC1OC(CO)C(OC2OC(CO)C(O)C(O)C2O)C(O)C1O)C(O)/C=C/CC/C=C/CC/C=C/CCCCCCCCCCCCCCC. The minimum Gasteiger partial charge on any atom is -0.394 e. The van der Waals surface area contributed by atoms with Crippen molar-refractivity contribution in [1.29, 1.82) is 0 Å². The number of hydrogen-bond donors (Lipinski definition) is 9. The van der Waals surface area contributed by atoms with Crippen molar-refractivity contribution in [3.63, 3.8) is 0 Å². The van der Waals surface area contributed by atoms with Crippen LogP contribution < -0.4 is 5.32 Å². The summed E-state index contributed by atoms with van der Waals surface area (Å²) >= 11 is 0. The minimum atomic E-state index is -1.80. The summed E-state index contributed by atoms with van der Waals surface area (Å²) in [6.07, 6.45) is 81.4. The molecule has 0 radical (unpaired) electrons. The molecule has 0 aromatic rings. The van der Waals surface area contributed by atoms with E-state index in [9.17, 15) is 45.6 Å². The summed E-state index contributed by atoms with van der Waals surface area (Å²) in [6.45, 7) is 2.69. The van der Waals surface area contributed by atoms with Crippen molar-refractivity contribution in [2.45, 2.75) is 383 Å². The van der Waals surface area contributed by atoms with Gasteiger partial charge >= 0.3 is 0 Å². The van der Waals surface area contributed by atoms with Crippen LogP contribution in [0.2, 0.25) is 0 Å². The Morgan fingerprint density at radius 3 is 1.12 bits per heavy atom. The second-order valence-electron chi connectivity index (χ2n) is 27.4. The number of hydrogen-bond acceptors (Lipinski definition) is 13. The molecule has 0 aromatic carbocycles.